The minimum absolute atomic E-state index is 0.388. The Morgan fingerprint density at radius 1 is 1.06 bits per heavy atom. The zero-order valence-corrected chi connectivity index (χ0v) is 13.3. The van der Waals surface area contributed by atoms with Crippen LogP contribution in [0.3, 0.4) is 0 Å². The molecule has 0 amide bonds. The van der Waals surface area contributed by atoms with Crippen LogP contribution in [0.1, 0.15) is 48.3 Å². The van der Waals surface area contributed by atoms with E-state index in [0.717, 1.165) is 5.92 Å². The van der Waals surface area contributed by atoms with Crippen molar-refractivity contribution in [2.75, 3.05) is 0 Å². The van der Waals surface area contributed by atoms with E-state index in [1.54, 1.807) is 5.56 Å². The van der Waals surface area contributed by atoms with Gasteiger partial charge in [-0.25, -0.2) is 0 Å². The summed E-state index contributed by atoms with van der Waals surface area (Å²) >= 11 is 0. The first-order valence-electron chi connectivity index (χ1n) is 6.25. The van der Waals surface area contributed by atoms with Crippen molar-refractivity contribution < 1.29 is 0 Å². The lowest BCUT2D eigenvalue weighted by atomic mass is 9.85. The summed E-state index contributed by atoms with van der Waals surface area (Å²) in [6.07, 6.45) is 0. The molecule has 1 aromatic carbocycles. The van der Waals surface area contributed by atoms with Gasteiger partial charge in [-0.15, -0.1) is 0 Å². The monoisotopic (exact) mass is 266 g/mol. The van der Waals surface area contributed by atoms with E-state index in [1.165, 1.54) is 16.7 Å². The summed E-state index contributed by atoms with van der Waals surface area (Å²) in [6, 6.07) is 4.65. The van der Waals surface area contributed by atoms with Gasteiger partial charge in [-0.2, -0.15) is 0 Å². The molecule has 0 aliphatic carbocycles. The summed E-state index contributed by atoms with van der Waals surface area (Å²) in [5.41, 5.74) is 5.88. The number of hydrogen-bond acceptors (Lipinski definition) is 2. The van der Waals surface area contributed by atoms with Crippen molar-refractivity contribution in [2.24, 2.45) is 5.92 Å². The van der Waals surface area contributed by atoms with E-state index in [4.69, 9.17) is 0 Å². The summed E-state index contributed by atoms with van der Waals surface area (Å²) in [5, 5.41) is 0.649. The molecule has 1 aromatic rings. The number of hydrogen-bond donors (Lipinski definition) is 0. The van der Waals surface area contributed by atoms with Gasteiger partial charge in [-0.1, -0.05) is 46.2 Å². The Morgan fingerprint density at radius 3 is 2.00 bits per heavy atom. The van der Waals surface area contributed by atoms with Crippen LogP contribution in [0.5, 0.6) is 0 Å². The van der Waals surface area contributed by atoms with E-state index in [-0.39, 0.29) is 0 Å². The molecule has 94 valence electrons. The Bertz CT molecular complexity index is 412. The van der Waals surface area contributed by atoms with Crippen molar-refractivity contribution in [3.05, 3.63) is 34.4 Å². The molecular weight excluding hydrogens is 244 g/mol. The van der Waals surface area contributed by atoms with E-state index in [0.29, 0.717) is 10.00 Å². The fourth-order valence-corrected chi connectivity index (χ4v) is 6.64. The third-order valence-corrected chi connectivity index (χ3v) is 7.89. The van der Waals surface area contributed by atoms with Crippen molar-refractivity contribution in [3.63, 3.8) is 0 Å². The Labute approximate surface area is 113 Å². The first kappa shape index (κ1) is 13.4. The van der Waals surface area contributed by atoms with Crippen LogP contribution in [0.25, 0.3) is 0 Å². The molecule has 1 unspecified atom stereocenters. The van der Waals surface area contributed by atoms with Gasteiger partial charge in [0, 0.05) is 10.00 Å². The molecular formula is C15H22S2. The van der Waals surface area contributed by atoms with Crippen LogP contribution in [0, 0.1) is 26.7 Å². The second-order valence-electron chi connectivity index (χ2n) is 5.80. The maximum atomic E-state index is 2.40. The van der Waals surface area contributed by atoms with Gasteiger partial charge in [-0.3, -0.25) is 0 Å². The van der Waals surface area contributed by atoms with Crippen LogP contribution < -0.4 is 0 Å². The molecule has 0 N–H and O–H groups in total. The zero-order valence-electron chi connectivity index (χ0n) is 11.6. The molecule has 1 aliphatic heterocycles. The maximum absolute atomic E-state index is 2.40. The van der Waals surface area contributed by atoms with Gasteiger partial charge in [0.1, 0.15) is 0 Å². The second kappa shape index (κ2) is 4.55. The molecule has 1 saturated heterocycles. The van der Waals surface area contributed by atoms with Gasteiger partial charge in [0.2, 0.25) is 0 Å². The van der Waals surface area contributed by atoms with Gasteiger partial charge >= 0.3 is 0 Å². The van der Waals surface area contributed by atoms with Crippen molar-refractivity contribution >= 4 is 21.6 Å². The van der Waals surface area contributed by atoms with Gasteiger partial charge in [-0.05, 0) is 57.2 Å². The minimum atomic E-state index is 0.388. The second-order valence-corrected chi connectivity index (χ2v) is 8.80. The third kappa shape index (κ3) is 2.39. The van der Waals surface area contributed by atoms with Crippen molar-refractivity contribution in [1.29, 1.82) is 0 Å². The van der Waals surface area contributed by atoms with Crippen molar-refractivity contribution in [1.82, 2.24) is 0 Å². The highest BCUT2D eigenvalue weighted by atomic mass is 33.1. The Kier molecular flexibility index (Phi) is 3.57. The predicted molar refractivity (Wildman–Crippen MR) is 81.8 cm³/mol. The van der Waals surface area contributed by atoms with E-state index in [1.807, 2.05) is 10.8 Å². The molecule has 0 aromatic heterocycles. The zero-order chi connectivity index (χ0) is 12.8. The molecule has 0 nitrogen and oxygen atoms in total. The average molecular weight is 266 g/mol. The Morgan fingerprint density at radius 2 is 1.59 bits per heavy atom. The summed E-state index contributed by atoms with van der Waals surface area (Å²) < 4.78 is 0.388. The Balaban J connectivity index is 2.43. The van der Waals surface area contributed by atoms with Crippen molar-refractivity contribution in [3.8, 4) is 0 Å². The van der Waals surface area contributed by atoms with Gasteiger partial charge in [0.25, 0.3) is 0 Å². The minimum Gasteiger partial charge on any atom is -0.0869 e. The van der Waals surface area contributed by atoms with Crippen LogP contribution in [-0.4, -0.2) is 4.75 Å². The number of benzene rings is 1. The van der Waals surface area contributed by atoms with Gasteiger partial charge in [0.05, 0.1) is 0 Å². The lowest BCUT2D eigenvalue weighted by molar-refractivity contribution is 0.461. The summed E-state index contributed by atoms with van der Waals surface area (Å²) in [5.74, 6) is 0.720. The molecule has 1 heterocycles. The first-order valence-corrected chi connectivity index (χ1v) is 8.46. The van der Waals surface area contributed by atoms with Crippen molar-refractivity contribution in [2.45, 2.75) is 51.5 Å². The normalized spacial score (nSPS) is 27.4. The highest BCUT2D eigenvalue weighted by Crippen LogP contribution is 2.62. The van der Waals surface area contributed by atoms with Crippen LogP contribution in [0.4, 0.5) is 0 Å². The van der Waals surface area contributed by atoms with E-state index in [9.17, 15) is 0 Å². The molecule has 0 saturated carbocycles. The standard InChI is InChI=1S/C15H22S2/c1-9-7-10(2)13(11(3)8-9)14-12(4)15(5,6)17-16-14/h7-8,12,14H,1-6H3/t12?,14-/m1/s1. The van der Waals surface area contributed by atoms with Crippen LogP contribution in [0.15, 0.2) is 12.1 Å². The summed E-state index contributed by atoms with van der Waals surface area (Å²) in [4.78, 5) is 0. The Hall–Kier alpha value is -0.0800. The molecule has 0 radical (unpaired) electrons. The molecule has 2 rings (SSSR count). The fraction of sp³-hybridized carbons (Fsp3) is 0.600. The van der Waals surface area contributed by atoms with Gasteiger partial charge < -0.3 is 0 Å². The molecule has 0 bridgehead atoms. The first-order chi connectivity index (χ1) is 7.83. The molecule has 1 aliphatic rings. The third-order valence-electron chi connectivity index (χ3n) is 3.94. The van der Waals surface area contributed by atoms with Crippen LogP contribution in [-0.2, 0) is 0 Å². The molecule has 1 fully saturated rings. The lowest BCUT2D eigenvalue weighted by Crippen LogP contribution is -2.23. The molecule has 2 heteroatoms. The maximum Gasteiger partial charge on any atom is 0.0445 e. The number of aryl methyl sites for hydroxylation is 3. The summed E-state index contributed by atoms with van der Waals surface area (Å²) in [6.45, 7) is 13.9. The fourth-order valence-electron chi connectivity index (χ4n) is 2.64. The molecule has 17 heavy (non-hydrogen) atoms. The van der Waals surface area contributed by atoms with Gasteiger partial charge in [0.15, 0.2) is 0 Å². The highest BCUT2D eigenvalue weighted by molar-refractivity contribution is 8.77. The van der Waals surface area contributed by atoms with E-state index in [2.05, 4.69) is 64.5 Å². The predicted octanol–water partition coefficient (Wildman–Crippen LogP) is 5.46. The average Bonchev–Trinajstić information content (AvgIpc) is 2.43. The SMILES string of the molecule is Cc1cc(C)c([C@@H]2SSC(C)(C)C2C)c(C)c1. The van der Waals surface area contributed by atoms with E-state index >= 15 is 0 Å². The number of rotatable bonds is 1. The summed E-state index contributed by atoms with van der Waals surface area (Å²) in [7, 11) is 4.11. The topological polar surface area (TPSA) is 0 Å². The largest absolute Gasteiger partial charge is 0.0869 e. The smallest absolute Gasteiger partial charge is 0.0445 e. The highest BCUT2D eigenvalue weighted by Gasteiger charge is 2.42. The van der Waals surface area contributed by atoms with Crippen LogP contribution >= 0.6 is 21.6 Å². The lowest BCUT2D eigenvalue weighted by Gasteiger charge is -2.26. The van der Waals surface area contributed by atoms with Crippen LogP contribution in [0.2, 0.25) is 0 Å². The van der Waals surface area contributed by atoms with E-state index < -0.39 is 0 Å². The molecule has 2 atom stereocenters. The molecule has 0 spiro atoms. The quantitative estimate of drug-likeness (QED) is 0.619.